The van der Waals surface area contributed by atoms with Gasteiger partial charge >= 0.3 is 0 Å². The number of carbonyl (C=O) groups is 2. The zero-order chi connectivity index (χ0) is 19.1. The van der Waals surface area contributed by atoms with Crippen molar-refractivity contribution >= 4 is 23.1 Å². The number of amides is 1. The maximum absolute atomic E-state index is 13.3. The van der Waals surface area contributed by atoms with Gasteiger partial charge in [0.15, 0.2) is 0 Å². The van der Waals surface area contributed by atoms with Crippen molar-refractivity contribution in [2.45, 2.75) is 18.6 Å². The summed E-state index contributed by atoms with van der Waals surface area (Å²) in [7, 11) is 1.53. The molecule has 0 fully saturated rings. The number of fused-ring (bicyclic) bond motifs is 1. The van der Waals surface area contributed by atoms with Crippen molar-refractivity contribution in [1.29, 1.82) is 0 Å². The SMILES string of the molecule is C[C@H](N)C(=O)C1(N)N=C(c2ccc(F)cc2)c2ccccc2N(C)C1=O. The second-order valence-corrected chi connectivity index (χ2v) is 6.27. The highest BCUT2D eigenvalue weighted by Crippen LogP contribution is 2.30. The number of likely N-dealkylation sites (N-methyl/N-ethyl adjacent to an activating group) is 1. The highest BCUT2D eigenvalue weighted by atomic mass is 19.1. The molecule has 1 aliphatic heterocycles. The summed E-state index contributed by atoms with van der Waals surface area (Å²) in [6.45, 7) is 1.45. The summed E-state index contributed by atoms with van der Waals surface area (Å²) in [6.07, 6.45) is 0. The van der Waals surface area contributed by atoms with Crippen LogP contribution in [0.4, 0.5) is 10.1 Å². The highest BCUT2D eigenvalue weighted by Gasteiger charge is 2.47. The van der Waals surface area contributed by atoms with E-state index >= 15 is 0 Å². The average molecular weight is 354 g/mol. The molecule has 7 heteroatoms. The molecule has 0 radical (unpaired) electrons. The Labute approximate surface area is 150 Å². The van der Waals surface area contributed by atoms with Crippen molar-refractivity contribution in [3.05, 3.63) is 65.5 Å². The molecule has 26 heavy (non-hydrogen) atoms. The molecule has 1 aliphatic rings. The van der Waals surface area contributed by atoms with Crippen LogP contribution >= 0.6 is 0 Å². The fraction of sp³-hybridized carbons (Fsp3) is 0.211. The van der Waals surface area contributed by atoms with Crippen LogP contribution in [-0.2, 0) is 9.59 Å². The molecule has 3 rings (SSSR count). The van der Waals surface area contributed by atoms with Crippen LogP contribution in [0.5, 0.6) is 0 Å². The number of nitrogens with two attached hydrogens (primary N) is 2. The van der Waals surface area contributed by atoms with Gasteiger partial charge in [-0.15, -0.1) is 0 Å². The fourth-order valence-corrected chi connectivity index (χ4v) is 2.95. The number of hydrogen-bond acceptors (Lipinski definition) is 5. The van der Waals surface area contributed by atoms with E-state index in [2.05, 4.69) is 4.99 Å². The predicted molar refractivity (Wildman–Crippen MR) is 97.5 cm³/mol. The van der Waals surface area contributed by atoms with Crippen LogP contribution in [0.3, 0.4) is 0 Å². The topological polar surface area (TPSA) is 102 Å². The van der Waals surface area contributed by atoms with Crippen molar-refractivity contribution < 1.29 is 14.0 Å². The van der Waals surface area contributed by atoms with Gasteiger partial charge in [-0.3, -0.25) is 15.3 Å². The Kier molecular flexibility index (Phi) is 4.43. The molecule has 134 valence electrons. The van der Waals surface area contributed by atoms with Crippen LogP contribution in [0.25, 0.3) is 0 Å². The van der Waals surface area contributed by atoms with Crippen molar-refractivity contribution in [3.63, 3.8) is 0 Å². The van der Waals surface area contributed by atoms with E-state index in [-0.39, 0.29) is 0 Å². The van der Waals surface area contributed by atoms with E-state index in [9.17, 15) is 14.0 Å². The summed E-state index contributed by atoms with van der Waals surface area (Å²) >= 11 is 0. The zero-order valence-corrected chi connectivity index (χ0v) is 14.4. The molecule has 2 atom stereocenters. The number of halogens is 1. The summed E-state index contributed by atoms with van der Waals surface area (Å²) in [5.41, 5.74) is 11.8. The number of carbonyl (C=O) groups excluding carboxylic acids is 2. The smallest absolute Gasteiger partial charge is 0.277 e. The lowest BCUT2D eigenvalue weighted by atomic mass is 9.98. The molecule has 0 bridgehead atoms. The third-order valence-electron chi connectivity index (χ3n) is 4.35. The number of benzene rings is 2. The molecule has 1 amide bonds. The second kappa shape index (κ2) is 6.44. The molecule has 0 spiro atoms. The summed E-state index contributed by atoms with van der Waals surface area (Å²) in [4.78, 5) is 31.3. The lowest BCUT2D eigenvalue weighted by molar-refractivity contribution is -0.134. The predicted octanol–water partition coefficient (Wildman–Crippen LogP) is 1.21. The van der Waals surface area contributed by atoms with Crippen LogP contribution in [0.15, 0.2) is 53.5 Å². The first kappa shape index (κ1) is 17.9. The molecule has 2 aromatic carbocycles. The van der Waals surface area contributed by atoms with Gasteiger partial charge in [0.1, 0.15) is 5.82 Å². The number of nitrogens with zero attached hydrogens (tertiary/aromatic N) is 2. The first-order valence-corrected chi connectivity index (χ1v) is 8.08. The minimum Gasteiger partial charge on any atom is -0.322 e. The van der Waals surface area contributed by atoms with Crippen LogP contribution < -0.4 is 16.4 Å². The van der Waals surface area contributed by atoms with Crippen LogP contribution in [0.1, 0.15) is 18.1 Å². The number of para-hydroxylation sites is 1. The average Bonchev–Trinajstić information content (AvgIpc) is 2.72. The van der Waals surface area contributed by atoms with Gasteiger partial charge in [-0.1, -0.05) is 18.2 Å². The molecule has 1 heterocycles. The largest absolute Gasteiger partial charge is 0.322 e. The van der Waals surface area contributed by atoms with E-state index in [1.165, 1.54) is 43.1 Å². The van der Waals surface area contributed by atoms with Gasteiger partial charge in [-0.2, -0.15) is 0 Å². The number of hydrogen-bond donors (Lipinski definition) is 2. The van der Waals surface area contributed by atoms with Gasteiger partial charge in [-0.25, -0.2) is 9.38 Å². The molecule has 1 unspecified atom stereocenters. The molecule has 0 aromatic heterocycles. The quantitative estimate of drug-likeness (QED) is 0.809. The molecule has 6 nitrogen and oxygen atoms in total. The minimum absolute atomic E-state index is 0.329. The zero-order valence-electron chi connectivity index (χ0n) is 14.4. The van der Waals surface area contributed by atoms with Gasteiger partial charge in [0, 0.05) is 18.2 Å². The number of benzodiazepines with no additional fused rings is 1. The summed E-state index contributed by atoms with van der Waals surface area (Å²) in [5.74, 6) is -1.78. The fourth-order valence-electron chi connectivity index (χ4n) is 2.95. The number of rotatable bonds is 3. The highest BCUT2D eigenvalue weighted by molar-refractivity contribution is 6.26. The molecule has 0 saturated carbocycles. The van der Waals surface area contributed by atoms with Gasteiger partial charge < -0.3 is 10.6 Å². The Morgan fingerprint density at radius 1 is 1.19 bits per heavy atom. The molecule has 0 saturated heterocycles. The molecular formula is C19H19FN4O2. The van der Waals surface area contributed by atoms with Gasteiger partial charge in [0.05, 0.1) is 17.4 Å². The van der Waals surface area contributed by atoms with E-state index < -0.39 is 29.2 Å². The third kappa shape index (κ3) is 2.81. The summed E-state index contributed by atoms with van der Waals surface area (Å²) < 4.78 is 13.3. The van der Waals surface area contributed by atoms with Crippen LogP contribution in [0, 0.1) is 5.82 Å². The van der Waals surface area contributed by atoms with E-state index in [1.807, 2.05) is 0 Å². The normalized spacial score (nSPS) is 20.9. The molecular weight excluding hydrogens is 335 g/mol. The van der Waals surface area contributed by atoms with Crippen molar-refractivity contribution in [1.82, 2.24) is 0 Å². The standard InChI is InChI=1S/C19H19FN4O2/c1-11(21)17(25)19(22)18(26)24(2)15-6-4-3-5-14(15)16(23-19)12-7-9-13(20)10-8-12/h3-11H,21-22H2,1-2H3/t11-,19?/m0/s1. The monoisotopic (exact) mass is 354 g/mol. The lowest BCUT2D eigenvalue weighted by Crippen LogP contribution is -2.62. The van der Waals surface area contributed by atoms with Gasteiger partial charge in [0.25, 0.3) is 5.91 Å². The lowest BCUT2D eigenvalue weighted by Gasteiger charge is -2.27. The van der Waals surface area contributed by atoms with Crippen molar-refractivity contribution in [2.75, 3.05) is 11.9 Å². The van der Waals surface area contributed by atoms with Crippen molar-refractivity contribution in [2.24, 2.45) is 16.5 Å². The van der Waals surface area contributed by atoms with Gasteiger partial charge in [0.2, 0.25) is 11.4 Å². The third-order valence-corrected chi connectivity index (χ3v) is 4.35. The molecule has 4 N–H and O–H groups in total. The van der Waals surface area contributed by atoms with E-state index in [0.717, 1.165) is 0 Å². The number of ketones is 1. The first-order chi connectivity index (χ1) is 12.3. The van der Waals surface area contributed by atoms with Crippen molar-refractivity contribution in [3.8, 4) is 0 Å². The maximum Gasteiger partial charge on any atom is 0.277 e. The first-order valence-electron chi connectivity index (χ1n) is 8.08. The number of aliphatic imine (C=N–C) groups is 1. The molecule has 0 aliphatic carbocycles. The summed E-state index contributed by atoms with van der Waals surface area (Å²) in [5, 5.41) is 0. The Balaban J connectivity index is 2.31. The van der Waals surface area contributed by atoms with E-state index in [1.54, 1.807) is 24.3 Å². The Morgan fingerprint density at radius 3 is 2.42 bits per heavy atom. The Hall–Kier alpha value is -2.90. The minimum atomic E-state index is -2.16. The Bertz CT molecular complexity index is 908. The number of anilines is 1. The second-order valence-electron chi connectivity index (χ2n) is 6.27. The van der Waals surface area contributed by atoms with Crippen LogP contribution in [0.2, 0.25) is 0 Å². The van der Waals surface area contributed by atoms with E-state index in [0.29, 0.717) is 22.5 Å². The summed E-state index contributed by atoms with van der Waals surface area (Å²) in [6, 6.07) is 11.7. The maximum atomic E-state index is 13.3. The Morgan fingerprint density at radius 2 is 1.81 bits per heavy atom. The van der Waals surface area contributed by atoms with Crippen LogP contribution in [-0.4, -0.2) is 36.2 Å². The van der Waals surface area contributed by atoms with E-state index in [4.69, 9.17) is 11.5 Å². The number of Topliss-reactive ketones (excluding diaryl/α,β-unsaturated/α-hetero) is 1. The molecule has 2 aromatic rings. The van der Waals surface area contributed by atoms with Gasteiger partial charge in [-0.05, 0) is 37.3 Å².